The SMILES string of the molecule is Cc1c(Br)nc(Br)c2ncc(I)n12. The highest BCUT2D eigenvalue weighted by molar-refractivity contribution is 14.1. The van der Waals surface area contributed by atoms with E-state index in [2.05, 4.69) is 64.4 Å². The van der Waals surface area contributed by atoms with Gasteiger partial charge in [-0.2, -0.15) is 0 Å². The van der Waals surface area contributed by atoms with Crippen molar-refractivity contribution in [2.75, 3.05) is 0 Å². The van der Waals surface area contributed by atoms with Crippen LogP contribution in [0, 0.1) is 10.6 Å². The van der Waals surface area contributed by atoms with E-state index >= 15 is 0 Å². The number of nitrogens with zero attached hydrogens (tertiary/aromatic N) is 3. The van der Waals surface area contributed by atoms with E-state index in [0.29, 0.717) is 0 Å². The zero-order chi connectivity index (χ0) is 9.59. The number of halogens is 3. The first kappa shape index (κ1) is 9.85. The number of imidazole rings is 1. The molecule has 0 spiro atoms. The average Bonchev–Trinajstić information content (AvgIpc) is 2.44. The Morgan fingerprint density at radius 2 is 2.08 bits per heavy atom. The van der Waals surface area contributed by atoms with Crippen molar-refractivity contribution in [3.05, 3.63) is 24.8 Å². The fourth-order valence-corrected chi connectivity index (χ4v) is 2.88. The molecule has 0 saturated heterocycles. The summed E-state index contributed by atoms with van der Waals surface area (Å²) >= 11 is 9.00. The molecule has 0 aromatic carbocycles. The first-order valence-corrected chi connectivity index (χ1v) is 6.12. The molecule has 0 bridgehead atoms. The van der Waals surface area contributed by atoms with Crippen LogP contribution in [0.15, 0.2) is 15.4 Å². The van der Waals surface area contributed by atoms with Crippen molar-refractivity contribution in [1.82, 2.24) is 14.4 Å². The van der Waals surface area contributed by atoms with E-state index in [4.69, 9.17) is 0 Å². The summed E-state index contributed by atoms with van der Waals surface area (Å²) in [7, 11) is 0. The maximum Gasteiger partial charge on any atom is 0.171 e. The van der Waals surface area contributed by atoms with Gasteiger partial charge in [-0.05, 0) is 61.4 Å². The topological polar surface area (TPSA) is 30.2 Å². The van der Waals surface area contributed by atoms with Gasteiger partial charge in [-0.25, -0.2) is 9.97 Å². The quantitative estimate of drug-likeness (QED) is 0.617. The first-order valence-electron chi connectivity index (χ1n) is 3.46. The van der Waals surface area contributed by atoms with Gasteiger partial charge in [0.1, 0.15) is 8.30 Å². The standard InChI is InChI=1S/C7H4Br2IN3/c1-3-5(8)12-6(9)7-11-2-4(10)13(3)7/h2H,1H3. The molecule has 2 heterocycles. The van der Waals surface area contributed by atoms with E-state index < -0.39 is 0 Å². The van der Waals surface area contributed by atoms with E-state index in [1.807, 2.05) is 17.5 Å². The molecule has 0 unspecified atom stereocenters. The third kappa shape index (κ3) is 1.52. The summed E-state index contributed by atoms with van der Waals surface area (Å²) in [6, 6.07) is 0. The lowest BCUT2D eigenvalue weighted by molar-refractivity contribution is 0.990. The lowest BCUT2D eigenvalue weighted by atomic mass is 10.5. The van der Waals surface area contributed by atoms with E-state index in [1.54, 1.807) is 0 Å². The normalized spacial score (nSPS) is 11.1. The van der Waals surface area contributed by atoms with Gasteiger partial charge in [-0.15, -0.1) is 0 Å². The lowest BCUT2D eigenvalue weighted by Gasteiger charge is -2.04. The van der Waals surface area contributed by atoms with Crippen molar-refractivity contribution in [2.24, 2.45) is 0 Å². The molecule has 0 saturated carbocycles. The molecule has 0 N–H and O–H groups in total. The van der Waals surface area contributed by atoms with E-state index in [1.165, 1.54) is 0 Å². The number of hydrogen-bond donors (Lipinski definition) is 0. The van der Waals surface area contributed by atoms with Crippen molar-refractivity contribution in [1.29, 1.82) is 0 Å². The molecule has 3 nitrogen and oxygen atoms in total. The number of rotatable bonds is 0. The molecule has 0 atom stereocenters. The first-order chi connectivity index (χ1) is 6.11. The minimum Gasteiger partial charge on any atom is -0.287 e. The monoisotopic (exact) mass is 415 g/mol. The molecule has 0 aliphatic heterocycles. The van der Waals surface area contributed by atoms with Crippen molar-refractivity contribution in [3.8, 4) is 0 Å². The van der Waals surface area contributed by atoms with Crippen molar-refractivity contribution >= 4 is 60.1 Å². The summed E-state index contributed by atoms with van der Waals surface area (Å²) < 4.78 is 4.71. The van der Waals surface area contributed by atoms with E-state index in [9.17, 15) is 0 Å². The Hall–Kier alpha value is 0.310. The highest BCUT2D eigenvalue weighted by atomic mass is 127. The Bertz CT molecular complexity index is 480. The average molecular weight is 417 g/mol. The molecule has 0 aliphatic rings. The predicted molar refractivity (Wildman–Crippen MR) is 65.8 cm³/mol. The van der Waals surface area contributed by atoms with Gasteiger partial charge in [0, 0.05) is 0 Å². The Morgan fingerprint density at radius 3 is 2.77 bits per heavy atom. The van der Waals surface area contributed by atoms with Crippen LogP contribution in [0.4, 0.5) is 0 Å². The Labute approximate surface area is 105 Å². The van der Waals surface area contributed by atoms with Crippen LogP contribution in [0.25, 0.3) is 5.65 Å². The van der Waals surface area contributed by atoms with Gasteiger partial charge in [-0.1, -0.05) is 0 Å². The highest BCUT2D eigenvalue weighted by Crippen LogP contribution is 2.23. The molecule has 0 aliphatic carbocycles. The zero-order valence-corrected chi connectivity index (χ0v) is 11.9. The van der Waals surface area contributed by atoms with Crippen molar-refractivity contribution in [2.45, 2.75) is 6.92 Å². The van der Waals surface area contributed by atoms with Gasteiger partial charge in [-0.3, -0.25) is 4.40 Å². The summed E-state index contributed by atoms with van der Waals surface area (Å²) in [6.07, 6.45) is 1.82. The molecule has 0 fully saturated rings. The number of aromatic nitrogens is 3. The fraction of sp³-hybridized carbons (Fsp3) is 0.143. The highest BCUT2D eigenvalue weighted by Gasteiger charge is 2.10. The zero-order valence-electron chi connectivity index (χ0n) is 6.55. The molecule has 13 heavy (non-hydrogen) atoms. The van der Waals surface area contributed by atoms with Crippen LogP contribution < -0.4 is 0 Å². The van der Waals surface area contributed by atoms with Gasteiger partial charge in [0.2, 0.25) is 0 Å². The molecule has 0 radical (unpaired) electrons. The second-order valence-corrected chi connectivity index (χ2v) is 5.13. The Kier molecular flexibility index (Phi) is 2.63. The van der Waals surface area contributed by atoms with Crippen LogP contribution >= 0.6 is 54.5 Å². The summed E-state index contributed by atoms with van der Waals surface area (Å²) in [5.74, 6) is 0. The molecule has 2 rings (SSSR count). The van der Waals surface area contributed by atoms with Crippen LogP contribution in [0.1, 0.15) is 5.69 Å². The van der Waals surface area contributed by atoms with Crippen molar-refractivity contribution in [3.63, 3.8) is 0 Å². The van der Waals surface area contributed by atoms with Crippen LogP contribution in [-0.2, 0) is 0 Å². The second kappa shape index (κ2) is 3.47. The molecular formula is C7H4Br2IN3. The van der Waals surface area contributed by atoms with Gasteiger partial charge < -0.3 is 0 Å². The van der Waals surface area contributed by atoms with Gasteiger partial charge >= 0.3 is 0 Å². The number of aryl methyl sites for hydroxylation is 1. The second-order valence-electron chi connectivity index (χ2n) is 2.52. The predicted octanol–water partition coefficient (Wildman–Crippen LogP) is 3.17. The van der Waals surface area contributed by atoms with Crippen LogP contribution in [-0.4, -0.2) is 14.4 Å². The number of hydrogen-bond acceptors (Lipinski definition) is 2. The number of fused-ring (bicyclic) bond motifs is 1. The van der Waals surface area contributed by atoms with Gasteiger partial charge in [0.05, 0.1) is 11.9 Å². The molecule has 2 aromatic heterocycles. The third-order valence-corrected chi connectivity index (χ3v) is 3.78. The van der Waals surface area contributed by atoms with Crippen molar-refractivity contribution < 1.29 is 0 Å². The largest absolute Gasteiger partial charge is 0.287 e. The van der Waals surface area contributed by atoms with Crippen LogP contribution in [0.5, 0.6) is 0 Å². The molecule has 6 heteroatoms. The third-order valence-electron chi connectivity index (χ3n) is 1.73. The summed E-state index contributed by atoms with van der Waals surface area (Å²) in [5.41, 5.74) is 1.91. The summed E-state index contributed by atoms with van der Waals surface area (Å²) in [5, 5.41) is 0. The minimum atomic E-state index is 0.757. The Morgan fingerprint density at radius 1 is 1.38 bits per heavy atom. The van der Waals surface area contributed by atoms with Crippen LogP contribution in [0.3, 0.4) is 0 Å². The Balaban J connectivity index is 3.00. The fourth-order valence-electron chi connectivity index (χ4n) is 1.10. The van der Waals surface area contributed by atoms with Crippen LogP contribution in [0.2, 0.25) is 0 Å². The van der Waals surface area contributed by atoms with E-state index in [0.717, 1.165) is 24.2 Å². The maximum atomic E-state index is 4.26. The van der Waals surface area contributed by atoms with Gasteiger partial charge in [0.15, 0.2) is 10.3 Å². The molecule has 68 valence electrons. The summed E-state index contributed by atoms with van der Waals surface area (Å²) in [4.78, 5) is 8.51. The minimum absolute atomic E-state index is 0.757. The maximum absolute atomic E-state index is 4.26. The lowest BCUT2D eigenvalue weighted by Crippen LogP contribution is -1.98. The smallest absolute Gasteiger partial charge is 0.171 e. The molecule has 2 aromatic rings. The molecular weight excluding hydrogens is 413 g/mol. The van der Waals surface area contributed by atoms with Gasteiger partial charge in [0.25, 0.3) is 0 Å². The summed E-state index contributed by atoms with van der Waals surface area (Å²) in [6.45, 7) is 2.00. The van der Waals surface area contributed by atoms with E-state index in [-0.39, 0.29) is 0 Å². The molecule has 0 amide bonds.